The van der Waals surface area contributed by atoms with Crippen LogP contribution in [0.25, 0.3) is 66.8 Å². The average molecular weight is 900 g/mol. The van der Waals surface area contributed by atoms with Crippen molar-refractivity contribution in [2.45, 2.75) is 57.8 Å². The Balaban J connectivity index is 0.955. The summed E-state index contributed by atoms with van der Waals surface area (Å²) in [6.45, 7) is 14.0. The largest absolute Gasteiger partial charge is 0.311 e. The monoisotopic (exact) mass is 899 g/mol. The van der Waals surface area contributed by atoms with Gasteiger partial charge in [0.05, 0.1) is 5.41 Å². The molecule has 0 fully saturated rings. The fourth-order valence-electron chi connectivity index (χ4n) is 11.3. The van der Waals surface area contributed by atoms with Crippen LogP contribution < -0.4 is 4.90 Å². The number of rotatable bonds is 7. The van der Waals surface area contributed by atoms with E-state index in [1.807, 2.05) is 0 Å². The molecule has 10 aromatic carbocycles. The van der Waals surface area contributed by atoms with Crippen LogP contribution in [-0.2, 0) is 16.2 Å². The molecular weight excluding hydrogens is 843 g/mol. The number of fused-ring (bicyclic) bond motifs is 10. The zero-order chi connectivity index (χ0) is 47.8. The summed E-state index contributed by atoms with van der Waals surface area (Å²) in [5.41, 5.74) is 26.1. The molecule has 70 heavy (non-hydrogen) atoms. The van der Waals surface area contributed by atoms with Crippen molar-refractivity contribution in [2.24, 2.45) is 0 Å². The molecule has 0 radical (unpaired) electrons. The van der Waals surface area contributed by atoms with Gasteiger partial charge >= 0.3 is 0 Å². The molecule has 0 heterocycles. The first kappa shape index (κ1) is 43.3. The minimum atomic E-state index is -0.451. The smallest absolute Gasteiger partial charge is 0.0725 e. The van der Waals surface area contributed by atoms with Crippen LogP contribution in [0.3, 0.4) is 0 Å². The van der Waals surface area contributed by atoms with E-state index < -0.39 is 5.41 Å². The van der Waals surface area contributed by atoms with Gasteiger partial charge < -0.3 is 4.90 Å². The van der Waals surface area contributed by atoms with Gasteiger partial charge in [-0.15, -0.1) is 0 Å². The highest BCUT2D eigenvalue weighted by Gasteiger charge is 2.52. The molecule has 0 amide bonds. The minimum Gasteiger partial charge on any atom is -0.311 e. The van der Waals surface area contributed by atoms with Crippen molar-refractivity contribution in [2.75, 3.05) is 4.90 Å². The Morgan fingerprint density at radius 1 is 0.257 bits per heavy atom. The van der Waals surface area contributed by atoms with E-state index >= 15 is 0 Å². The summed E-state index contributed by atoms with van der Waals surface area (Å²) in [7, 11) is 0. The SMILES string of the molecule is CC(C)(C)c1ccc2c(c1)C1(c3ccccc3-c3ccc(-c4ccc(N(c5ccc(-c6ccccc6)cc5)c5ccc(-c6ccc(-c7ccccc7)cc6)cc5)cc4)cc31)c1cc(C(C)(C)C)ccc1-2. The summed E-state index contributed by atoms with van der Waals surface area (Å²) in [6, 6.07) is 88.3. The predicted octanol–water partition coefficient (Wildman–Crippen LogP) is 18.8. The Morgan fingerprint density at radius 2 is 0.557 bits per heavy atom. The minimum absolute atomic E-state index is 0.00105. The third-order valence-corrected chi connectivity index (χ3v) is 15.1. The number of benzene rings is 10. The lowest BCUT2D eigenvalue weighted by molar-refractivity contribution is 0.586. The zero-order valence-corrected chi connectivity index (χ0v) is 41.0. The second-order valence-electron chi connectivity index (χ2n) is 21.4. The predicted molar refractivity (Wildman–Crippen MR) is 297 cm³/mol. The average Bonchev–Trinajstić information content (AvgIpc) is 3.86. The molecule has 12 rings (SSSR count). The standard InChI is InChI=1S/C69H57N/c1-67(2,3)54-32-41-61-62-42-33-55(68(4,5)6)45-66(62)69(65(61)44-54)63-20-14-13-19-59(63)60-40-31-53(43-64(60)69)52-29-38-58(39-30-52)70(56-34-25-50(26-35-56)47-17-11-8-12-18-47)57-36-27-51(28-37-57)49-23-21-48(22-24-49)46-15-9-7-10-16-46/h7-45H,1-6H3. The van der Waals surface area contributed by atoms with Gasteiger partial charge in [-0.25, -0.2) is 0 Å². The van der Waals surface area contributed by atoms with Gasteiger partial charge in [0.1, 0.15) is 0 Å². The van der Waals surface area contributed by atoms with E-state index in [1.54, 1.807) is 0 Å². The van der Waals surface area contributed by atoms with Crippen molar-refractivity contribution in [3.8, 4) is 66.8 Å². The number of hydrogen-bond acceptors (Lipinski definition) is 1. The van der Waals surface area contributed by atoms with Gasteiger partial charge in [-0.1, -0.05) is 236 Å². The fourth-order valence-corrected chi connectivity index (χ4v) is 11.3. The topological polar surface area (TPSA) is 3.24 Å². The van der Waals surface area contributed by atoms with Crippen LogP contribution in [0, 0.1) is 0 Å². The van der Waals surface area contributed by atoms with E-state index in [-0.39, 0.29) is 10.8 Å². The van der Waals surface area contributed by atoms with Crippen LogP contribution >= 0.6 is 0 Å². The molecular formula is C69H57N. The van der Waals surface area contributed by atoms with Crippen molar-refractivity contribution in [1.29, 1.82) is 0 Å². The lowest BCUT2D eigenvalue weighted by Crippen LogP contribution is -2.27. The normalized spacial score (nSPS) is 13.1. The van der Waals surface area contributed by atoms with E-state index in [2.05, 4.69) is 283 Å². The van der Waals surface area contributed by atoms with E-state index in [0.717, 1.165) is 17.1 Å². The van der Waals surface area contributed by atoms with Crippen molar-refractivity contribution in [3.05, 3.63) is 270 Å². The summed E-state index contributed by atoms with van der Waals surface area (Å²) in [5.74, 6) is 0. The Kier molecular flexibility index (Phi) is 10.3. The Bertz CT molecular complexity index is 3490. The van der Waals surface area contributed by atoms with Gasteiger partial charge in [-0.2, -0.15) is 0 Å². The summed E-state index contributed by atoms with van der Waals surface area (Å²) >= 11 is 0. The van der Waals surface area contributed by atoms with Crippen LogP contribution in [0.5, 0.6) is 0 Å². The second-order valence-corrected chi connectivity index (χ2v) is 21.4. The molecule has 1 spiro atoms. The highest BCUT2D eigenvalue weighted by molar-refractivity contribution is 5.96. The molecule has 0 aromatic heterocycles. The maximum Gasteiger partial charge on any atom is 0.0725 e. The molecule has 0 N–H and O–H groups in total. The molecule has 1 heteroatoms. The molecule has 0 saturated heterocycles. The van der Waals surface area contributed by atoms with Crippen molar-refractivity contribution < 1.29 is 0 Å². The first-order valence-corrected chi connectivity index (χ1v) is 24.8. The molecule has 1 nitrogen and oxygen atoms in total. The fraction of sp³-hybridized carbons (Fsp3) is 0.130. The maximum absolute atomic E-state index is 2.54. The van der Waals surface area contributed by atoms with Gasteiger partial charge in [-0.05, 0) is 153 Å². The van der Waals surface area contributed by atoms with Gasteiger partial charge in [0.25, 0.3) is 0 Å². The van der Waals surface area contributed by atoms with E-state index in [4.69, 9.17) is 0 Å². The van der Waals surface area contributed by atoms with Crippen LogP contribution in [-0.4, -0.2) is 0 Å². The van der Waals surface area contributed by atoms with Crippen molar-refractivity contribution in [3.63, 3.8) is 0 Å². The quantitative estimate of drug-likeness (QED) is 0.154. The molecule has 0 unspecified atom stereocenters. The molecule has 0 bridgehead atoms. The molecule has 0 aliphatic heterocycles. The number of hydrogen-bond donors (Lipinski definition) is 0. The third-order valence-electron chi connectivity index (χ3n) is 15.1. The molecule has 2 aliphatic carbocycles. The van der Waals surface area contributed by atoms with Gasteiger partial charge in [0.2, 0.25) is 0 Å². The van der Waals surface area contributed by atoms with Gasteiger partial charge in [0.15, 0.2) is 0 Å². The van der Waals surface area contributed by atoms with Gasteiger partial charge in [-0.3, -0.25) is 0 Å². The summed E-state index contributed by atoms with van der Waals surface area (Å²) in [4.78, 5) is 2.38. The maximum atomic E-state index is 2.54. The first-order valence-electron chi connectivity index (χ1n) is 24.8. The van der Waals surface area contributed by atoms with Crippen molar-refractivity contribution >= 4 is 17.1 Å². The van der Waals surface area contributed by atoms with Crippen LogP contribution in [0.15, 0.2) is 237 Å². The summed E-state index contributed by atoms with van der Waals surface area (Å²) < 4.78 is 0. The highest BCUT2D eigenvalue weighted by atomic mass is 15.1. The lowest BCUT2D eigenvalue weighted by Gasteiger charge is -2.33. The lowest BCUT2D eigenvalue weighted by atomic mass is 9.68. The Labute approximate surface area is 414 Å². The Hall–Kier alpha value is -8.00. The molecule has 0 saturated carbocycles. The highest BCUT2D eigenvalue weighted by Crippen LogP contribution is 2.64. The van der Waals surface area contributed by atoms with Crippen LogP contribution in [0.2, 0.25) is 0 Å². The zero-order valence-electron chi connectivity index (χ0n) is 41.0. The number of nitrogens with zero attached hydrogens (tertiary/aromatic N) is 1. The molecule has 10 aromatic rings. The first-order chi connectivity index (χ1) is 33.9. The molecule has 2 aliphatic rings. The van der Waals surface area contributed by atoms with E-state index in [1.165, 1.54) is 100 Å². The van der Waals surface area contributed by atoms with Gasteiger partial charge in [0, 0.05) is 17.1 Å². The third kappa shape index (κ3) is 7.23. The van der Waals surface area contributed by atoms with E-state index in [0.29, 0.717) is 0 Å². The van der Waals surface area contributed by atoms with Crippen LogP contribution in [0.4, 0.5) is 17.1 Å². The van der Waals surface area contributed by atoms with E-state index in [9.17, 15) is 0 Å². The summed E-state index contributed by atoms with van der Waals surface area (Å²) in [5, 5.41) is 0. The molecule has 338 valence electrons. The number of anilines is 3. The van der Waals surface area contributed by atoms with Crippen LogP contribution in [0.1, 0.15) is 74.9 Å². The second kappa shape index (κ2) is 16.6. The summed E-state index contributed by atoms with van der Waals surface area (Å²) in [6.07, 6.45) is 0. The Morgan fingerprint density at radius 3 is 0.971 bits per heavy atom. The molecule has 0 atom stereocenters. The van der Waals surface area contributed by atoms with Crippen molar-refractivity contribution in [1.82, 2.24) is 0 Å².